The Morgan fingerprint density at radius 1 is 1.13 bits per heavy atom. The maximum atomic E-state index is 12.9. The van der Waals surface area contributed by atoms with Crippen LogP contribution in [0.2, 0.25) is 0 Å². The second-order valence-electron chi connectivity index (χ2n) is 6.75. The van der Waals surface area contributed by atoms with E-state index in [4.69, 9.17) is 5.32 Å². The van der Waals surface area contributed by atoms with Crippen molar-refractivity contribution in [2.24, 2.45) is 0 Å². The van der Waals surface area contributed by atoms with Crippen LogP contribution in [-0.2, 0) is 0 Å². The molecule has 3 heterocycles. The summed E-state index contributed by atoms with van der Waals surface area (Å²) in [6.07, 6.45) is 1.10. The highest BCUT2D eigenvalue weighted by Crippen LogP contribution is 2.49. The van der Waals surface area contributed by atoms with Crippen LogP contribution >= 0.6 is 0 Å². The van der Waals surface area contributed by atoms with E-state index in [9.17, 15) is 4.79 Å². The van der Waals surface area contributed by atoms with Crippen LogP contribution in [0, 0.1) is 0 Å². The average Bonchev–Trinajstić information content (AvgIpc) is 2.98. The number of fused-ring (bicyclic) bond motifs is 6. The average molecular weight is 305 g/mol. The molecule has 2 aromatic rings. The van der Waals surface area contributed by atoms with E-state index in [1.807, 2.05) is 23.1 Å². The van der Waals surface area contributed by atoms with Crippen molar-refractivity contribution in [2.45, 2.75) is 24.5 Å². The van der Waals surface area contributed by atoms with Crippen molar-refractivity contribution < 1.29 is 9.69 Å². The summed E-state index contributed by atoms with van der Waals surface area (Å²) in [7, 11) is 2.17. The van der Waals surface area contributed by atoms with E-state index in [1.165, 1.54) is 10.5 Å². The monoisotopic (exact) mass is 305 g/mol. The van der Waals surface area contributed by atoms with E-state index < -0.39 is 0 Å². The number of carbonyl (C=O) groups is 1. The van der Waals surface area contributed by atoms with Gasteiger partial charge in [0.15, 0.2) is 6.17 Å². The van der Waals surface area contributed by atoms with Gasteiger partial charge in [-0.3, -0.25) is 14.6 Å². The van der Waals surface area contributed by atoms with Gasteiger partial charge in [-0.05, 0) is 30.5 Å². The number of rotatable bonds is 0. The van der Waals surface area contributed by atoms with Gasteiger partial charge in [0.1, 0.15) is 11.3 Å². The standard InChI is InChI=1S/C19H18N3O/c1-21-16-9-5-3-7-14(16)19(23)22-11-10-13-12-6-2-4-8-15(12)20-17(13)18(21)22/h2-9,13,17-18H,10-11H2,1H3/q-1/p+1. The molecule has 0 bridgehead atoms. The summed E-state index contributed by atoms with van der Waals surface area (Å²) in [5.74, 6) is 0.612. The van der Waals surface area contributed by atoms with Crippen molar-refractivity contribution in [3.8, 4) is 0 Å². The predicted molar refractivity (Wildman–Crippen MR) is 88.4 cm³/mol. The summed E-state index contributed by atoms with van der Waals surface area (Å²) >= 11 is 0. The number of carbonyl (C=O) groups excluding carboxylic acids is 1. The molecular weight excluding hydrogens is 286 g/mol. The molecule has 4 nitrogen and oxygen atoms in total. The van der Waals surface area contributed by atoms with Crippen LogP contribution in [0.15, 0.2) is 48.5 Å². The minimum absolute atomic E-state index is 0.101. The van der Waals surface area contributed by atoms with Crippen LogP contribution in [0.25, 0.3) is 5.32 Å². The van der Waals surface area contributed by atoms with E-state index >= 15 is 0 Å². The Hall–Kier alpha value is -2.33. The molecule has 4 heteroatoms. The molecule has 5 rings (SSSR count). The zero-order valence-corrected chi connectivity index (χ0v) is 13.1. The van der Waals surface area contributed by atoms with Gasteiger partial charge in [0.25, 0.3) is 5.91 Å². The van der Waals surface area contributed by atoms with Crippen LogP contribution < -0.4 is 4.90 Å². The molecule has 1 N–H and O–H groups in total. The topological polar surface area (TPSA) is 38.9 Å². The number of piperidine rings is 1. The number of hydrogen-bond acceptors (Lipinski definition) is 1. The number of nitrogens with zero attached hydrogens (tertiary/aromatic N) is 2. The van der Waals surface area contributed by atoms with Crippen molar-refractivity contribution >= 4 is 17.3 Å². The summed E-state index contributed by atoms with van der Waals surface area (Å²) in [5.41, 5.74) is 4.42. The first-order valence-corrected chi connectivity index (χ1v) is 8.29. The minimum Gasteiger partial charge on any atom is -0.675 e. The van der Waals surface area contributed by atoms with Gasteiger partial charge in [0.2, 0.25) is 0 Å². The molecule has 1 amide bonds. The Bertz CT molecular complexity index is 803. The van der Waals surface area contributed by atoms with Crippen molar-refractivity contribution in [1.82, 2.24) is 4.90 Å². The third kappa shape index (κ3) is 1.67. The van der Waals surface area contributed by atoms with Gasteiger partial charge < -0.3 is 5.32 Å². The second-order valence-corrected chi connectivity index (χ2v) is 6.75. The van der Waals surface area contributed by atoms with Crippen LogP contribution in [0.1, 0.15) is 28.3 Å². The fourth-order valence-corrected chi connectivity index (χ4v) is 4.62. The van der Waals surface area contributed by atoms with Gasteiger partial charge in [0.05, 0.1) is 7.05 Å². The molecular formula is C19H19N3O. The van der Waals surface area contributed by atoms with E-state index in [1.54, 1.807) is 0 Å². The van der Waals surface area contributed by atoms with Crippen LogP contribution in [0.4, 0.5) is 11.4 Å². The zero-order chi connectivity index (χ0) is 15.6. The van der Waals surface area contributed by atoms with Gasteiger partial charge in [-0.1, -0.05) is 42.0 Å². The largest absolute Gasteiger partial charge is 0.675 e. The molecule has 0 radical (unpaired) electrons. The fraction of sp³-hybridized carbons (Fsp3) is 0.316. The highest BCUT2D eigenvalue weighted by molar-refractivity contribution is 5.99. The molecule has 4 atom stereocenters. The van der Waals surface area contributed by atoms with Crippen molar-refractivity contribution in [1.29, 1.82) is 0 Å². The van der Waals surface area contributed by atoms with Crippen molar-refractivity contribution in [3.63, 3.8) is 0 Å². The maximum absolute atomic E-state index is 12.9. The SMILES string of the molecule is C[NH+]1c2ccccc2C(=O)N2CCC3c4ccccc4[N-]C3C21. The Labute approximate surface area is 135 Å². The molecule has 0 aromatic heterocycles. The lowest BCUT2D eigenvalue weighted by Gasteiger charge is -2.51. The maximum Gasteiger partial charge on any atom is 0.264 e. The Morgan fingerprint density at radius 3 is 2.83 bits per heavy atom. The van der Waals surface area contributed by atoms with E-state index in [-0.39, 0.29) is 18.1 Å². The summed E-state index contributed by atoms with van der Waals surface area (Å²) in [4.78, 5) is 16.3. The highest BCUT2D eigenvalue weighted by Gasteiger charge is 2.48. The van der Waals surface area contributed by atoms with Crippen molar-refractivity contribution in [2.75, 3.05) is 13.6 Å². The first-order chi connectivity index (χ1) is 11.3. The molecule has 116 valence electrons. The molecule has 4 unspecified atom stereocenters. The van der Waals surface area contributed by atoms with Crippen LogP contribution in [0.5, 0.6) is 0 Å². The highest BCUT2D eigenvalue weighted by atomic mass is 16.2. The summed E-state index contributed by atoms with van der Waals surface area (Å²) in [6.45, 7) is 0.820. The van der Waals surface area contributed by atoms with Gasteiger partial charge >= 0.3 is 0 Å². The molecule has 3 aliphatic rings. The van der Waals surface area contributed by atoms with Crippen molar-refractivity contribution in [3.05, 3.63) is 65.0 Å². The minimum atomic E-state index is 0.101. The smallest absolute Gasteiger partial charge is 0.264 e. The quantitative estimate of drug-likeness (QED) is 0.796. The number of quaternary nitrogens is 1. The summed E-state index contributed by atoms with van der Waals surface area (Å²) in [5, 5.41) is 5.00. The molecule has 1 fully saturated rings. The molecule has 3 aliphatic heterocycles. The number of para-hydroxylation sites is 2. The number of nitrogens with one attached hydrogen (secondary N) is 1. The number of benzene rings is 2. The third-order valence-electron chi connectivity index (χ3n) is 5.66. The molecule has 2 aromatic carbocycles. The number of amides is 1. The first kappa shape index (κ1) is 13.1. The zero-order valence-electron chi connectivity index (χ0n) is 13.1. The molecule has 0 aliphatic carbocycles. The van der Waals surface area contributed by atoms with Gasteiger partial charge in [0, 0.05) is 6.54 Å². The summed E-state index contributed by atoms with van der Waals surface area (Å²) < 4.78 is 0. The normalized spacial score (nSPS) is 30.8. The predicted octanol–water partition coefficient (Wildman–Crippen LogP) is 2.19. The number of hydrogen-bond donors (Lipinski definition) is 1. The second kappa shape index (κ2) is 4.59. The summed E-state index contributed by atoms with van der Waals surface area (Å²) in [6, 6.07) is 16.6. The van der Waals surface area contributed by atoms with Gasteiger partial charge in [-0.15, -0.1) is 5.69 Å². The number of likely N-dealkylation sites (N-methyl/N-ethyl adjacent to an activating group) is 1. The lowest BCUT2D eigenvalue weighted by atomic mass is 9.84. The Morgan fingerprint density at radius 2 is 1.91 bits per heavy atom. The molecule has 0 saturated carbocycles. The van der Waals surface area contributed by atoms with Crippen LogP contribution in [-0.4, -0.2) is 36.6 Å². The lowest BCUT2D eigenvalue weighted by molar-refractivity contribution is -0.856. The first-order valence-electron chi connectivity index (χ1n) is 8.29. The van der Waals surface area contributed by atoms with E-state index in [0.717, 1.165) is 29.9 Å². The molecule has 1 saturated heterocycles. The third-order valence-corrected chi connectivity index (χ3v) is 5.66. The van der Waals surface area contributed by atoms with E-state index in [2.05, 4.69) is 37.4 Å². The molecule has 0 spiro atoms. The Kier molecular flexibility index (Phi) is 2.62. The van der Waals surface area contributed by atoms with Crippen LogP contribution in [0.3, 0.4) is 0 Å². The van der Waals surface area contributed by atoms with Gasteiger partial charge in [-0.25, -0.2) is 0 Å². The Balaban J connectivity index is 1.60. The van der Waals surface area contributed by atoms with E-state index in [0.29, 0.717) is 5.92 Å². The fourth-order valence-electron chi connectivity index (χ4n) is 4.62. The van der Waals surface area contributed by atoms with Gasteiger partial charge in [-0.2, -0.15) is 0 Å². The molecule has 23 heavy (non-hydrogen) atoms. The lowest BCUT2D eigenvalue weighted by Crippen LogP contribution is -3.14.